The van der Waals surface area contributed by atoms with E-state index in [1.807, 2.05) is 0 Å². The molecule has 0 bridgehead atoms. The highest BCUT2D eigenvalue weighted by molar-refractivity contribution is 7.88. The number of anilines is 1. The van der Waals surface area contributed by atoms with Crippen LogP contribution in [0.3, 0.4) is 0 Å². The van der Waals surface area contributed by atoms with Crippen LogP contribution in [0.25, 0.3) is 0 Å². The van der Waals surface area contributed by atoms with E-state index in [1.54, 1.807) is 12.1 Å². The average molecular weight is 511 g/mol. The normalized spacial score (nSPS) is 17.7. The molecule has 0 saturated carbocycles. The van der Waals surface area contributed by atoms with Crippen molar-refractivity contribution in [1.29, 1.82) is 0 Å². The van der Waals surface area contributed by atoms with Gasteiger partial charge in [0.2, 0.25) is 15.9 Å². The second-order valence-electron chi connectivity index (χ2n) is 7.25. The number of sulfonamides is 1. The summed E-state index contributed by atoms with van der Waals surface area (Å²) in [6.45, 7) is 0.273. The number of nitrogens with zero attached hydrogens (tertiary/aromatic N) is 1. The van der Waals surface area contributed by atoms with Gasteiger partial charge < -0.3 is 10.1 Å². The standard InChI is InChI=1S/C20H19Cl2F3N2O4S/c21-15-4-3-14(18(22)10-15)12-32(29,30)27-9-1-2-13(11-27)19(28)26-16-5-7-17(8-6-16)31-20(23,24)25/h3-8,10,13H,1-2,9,11-12H2,(H,26,28). The summed E-state index contributed by atoms with van der Waals surface area (Å²) in [6, 6.07) is 9.27. The van der Waals surface area contributed by atoms with Crippen LogP contribution < -0.4 is 10.1 Å². The van der Waals surface area contributed by atoms with Crippen molar-refractivity contribution in [2.24, 2.45) is 5.92 Å². The molecule has 1 aliphatic rings. The van der Waals surface area contributed by atoms with E-state index in [0.717, 1.165) is 12.1 Å². The topological polar surface area (TPSA) is 75.7 Å². The van der Waals surface area contributed by atoms with E-state index < -0.39 is 34.0 Å². The zero-order valence-corrected chi connectivity index (χ0v) is 18.9. The molecule has 3 rings (SSSR count). The quantitative estimate of drug-likeness (QED) is 0.588. The van der Waals surface area contributed by atoms with Crippen LogP contribution in [0.2, 0.25) is 10.0 Å². The molecule has 1 heterocycles. The molecule has 2 aromatic carbocycles. The Hall–Kier alpha value is -2.01. The maximum atomic E-state index is 12.9. The van der Waals surface area contributed by atoms with Crippen molar-refractivity contribution in [3.63, 3.8) is 0 Å². The first-order valence-corrected chi connectivity index (χ1v) is 11.9. The van der Waals surface area contributed by atoms with E-state index >= 15 is 0 Å². The second-order valence-corrected chi connectivity index (χ2v) is 10.1. The van der Waals surface area contributed by atoms with E-state index in [-0.39, 0.29) is 29.6 Å². The number of halogens is 5. The summed E-state index contributed by atoms with van der Waals surface area (Å²) < 4.78 is 67.5. The summed E-state index contributed by atoms with van der Waals surface area (Å²) in [4.78, 5) is 12.6. The van der Waals surface area contributed by atoms with Crippen molar-refractivity contribution < 1.29 is 31.1 Å². The molecule has 1 fully saturated rings. The van der Waals surface area contributed by atoms with Gasteiger partial charge >= 0.3 is 6.36 Å². The Morgan fingerprint density at radius 3 is 2.47 bits per heavy atom. The van der Waals surface area contributed by atoms with Gasteiger partial charge in [-0.2, -0.15) is 0 Å². The van der Waals surface area contributed by atoms with E-state index in [4.69, 9.17) is 23.2 Å². The molecule has 1 saturated heterocycles. The van der Waals surface area contributed by atoms with Crippen LogP contribution in [0.1, 0.15) is 18.4 Å². The first kappa shape index (κ1) is 24.6. The van der Waals surface area contributed by atoms with Crippen LogP contribution in [-0.2, 0) is 20.6 Å². The number of nitrogens with one attached hydrogen (secondary N) is 1. The molecule has 0 radical (unpaired) electrons. The molecular formula is C20H19Cl2F3N2O4S. The van der Waals surface area contributed by atoms with Crippen LogP contribution in [0, 0.1) is 5.92 Å². The van der Waals surface area contributed by atoms with E-state index in [0.29, 0.717) is 23.4 Å². The van der Waals surface area contributed by atoms with E-state index in [9.17, 15) is 26.4 Å². The monoisotopic (exact) mass is 510 g/mol. The minimum absolute atomic E-state index is 0.00531. The third-order valence-electron chi connectivity index (χ3n) is 4.86. The molecular weight excluding hydrogens is 492 g/mol. The van der Waals surface area contributed by atoms with Crippen LogP contribution in [0.15, 0.2) is 42.5 Å². The average Bonchev–Trinajstić information content (AvgIpc) is 2.70. The van der Waals surface area contributed by atoms with Crippen molar-refractivity contribution >= 4 is 44.8 Å². The number of hydrogen-bond acceptors (Lipinski definition) is 4. The molecule has 1 unspecified atom stereocenters. The largest absolute Gasteiger partial charge is 0.573 e. The lowest BCUT2D eigenvalue weighted by molar-refractivity contribution is -0.274. The van der Waals surface area contributed by atoms with E-state index in [1.165, 1.54) is 22.5 Å². The van der Waals surface area contributed by atoms with Crippen molar-refractivity contribution in [2.75, 3.05) is 18.4 Å². The molecule has 0 aromatic heterocycles. The Morgan fingerprint density at radius 1 is 1.16 bits per heavy atom. The third-order valence-corrected chi connectivity index (χ3v) is 7.24. The van der Waals surface area contributed by atoms with Crippen molar-refractivity contribution in [2.45, 2.75) is 25.0 Å². The Morgan fingerprint density at radius 2 is 1.84 bits per heavy atom. The Balaban J connectivity index is 1.62. The molecule has 1 amide bonds. The summed E-state index contributed by atoms with van der Waals surface area (Å²) in [6.07, 6.45) is -3.84. The molecule has 12 heteroatoms. The van der Waals surface area contributed by atoms with Gasteiger partial charge in [-0.1, -0.05) is 29.3 Å². The second kappa shape index (κ2) is 9.86. The predicted octanol–water partition coefficient (Wildman–Crippen LogP) is 5.07. The number of piperidine rings is 1. The SMILES string of the molecule is O=C(Nc1ccc(OC(F)(F)F)cc1)C1CCCN(S(=O)(=O)Cc2ccc(Cl)cc2Cl)C1. The fraction of sp³-hybridized carbons (Fsp3) is 0.350. The van der Waals surface area contributed by atoms with Gasteiger partial charge in [-0.25, -0.2) is 12.7 Å². The number of rotatable bonds is 6. The maximum Gasteiger partial charge on any atom is 0.573 e. The molecule has 32 heavy (non-hydrogen) atoms. The van der Waals surface area contributed by atoms with Gasteiger partial charge in [0.25, 0.3) is 0 Å². The smallest absolute Gasteiger partial charge is 0.406 e. The summed E-state index contributed by atoms with van der Waals surface area (Å²) in [5.74, 6) is -1.76. The van der Waals surface area contributed by atoms with Crippen molar-refractivity contribution in [3.05, 3.63) is 58.1 Å². The lowest BCUT2D eigenvalue weighted by Gasteiger charge is -2.31. The van der Waals surface area contributed by atoms with Crippen molar-refractivity contribution in [3.8, 4) is 5.75 Å². The molecule has 174 valence electrons. The lowest BCUT2D eigenvalue weighted by atomic mass is 9.99. The molecule has 1 atom stereocenters. The van der Waals surface area contributed by atoms with Crippen LogP contribution in [0.5, 0.6) is 5.75 Å². The van der Waals surface area contributed by atoms with Gasteiger partial charge in [0.05, 0.1) is 11.7 Å². The highest BCUT2D eigenvalue weighted by Crippen LogP contribution is 2.28. The zero-order chi connectivity index (χ0) is 23.5. The zero-order valence-electron chi connectivity index (χ0n) is 16.5. The molecule has 1 aliphatic heterocycles. The van der Waals surface area contributed by atoms with E-state index in [2.05, 4.69) is 10.1 Å². The number of amides is 1. The van der Waals surface area contributed by atoms with Gasteiger partial charge in [0, 0.05) is 28.8 Å². The first-order chi connectivity index (χ1) is 14.9. The lowest BCUT2D eigenvalue weighted by Crippen LogP contribution is -2.44. The Bertz CT molecular complexity index is 1080. The number of ether oxygens (including phenoxy) is 1. The predicted molar refractivity (Wildman–Crippen MR) is 115 cm³/mol. The fourth-order valence-corrected chi connectivity index (χ4v) is 5.52. The molecule has 0 aliphatic carbocycles. The highest BCUT2D eigenvalue weighted by atomic mass is 35.5. The van der Waals surface area contributed by atoms with Crippen molar-refractivity contribution in [1.82, 2.24) is 4.31 Å². The summed E-state index contributed by atoms with van der Waals surface area (Å²) in [5.41, 5.74) is 0.682. The fourth-order valence-electron chi connectivity index (χ4n) is 3.32. The summed E-state index contributed by atoms with van der Waals surface area (Å²) in [7, 11) is -3.73. The van der Waals surface area contributed by atoms with Crippen LogP contribution in [0.4, 0.5) is 18.9 Å². The Labute approximate surface area is 193 Å². The summed E-state index contributed by atoms with van der Waals surface area (Å²) >= 11 is 11.9. The number of alkyl halides is 3. The first-order valence-electron chi connectivity index (χ1n) is 9.51. The number of carbonyl (C=O) groups is 1. The number of carbonyl (C=O) groups excluding carboxylic acids is 1. The van der Waals surface area contributed by atoms with Gasteiger partial charge in [0.15, 0.2) is 0 Å². The van der Waals surface area contributed by atoms with Gasteiger partial charge in [-0.05, 0) is 54.8 Å². The van der Waals surface area contributed by atoms with Crippen LogP contribution >= 0.6 is 23.2 Å². The molecule has 1 N–H and O–H groups in total. The van der Waals surface area contributed by atoms with Gasteiger partial charge in [-0.15, -0.1) is 13.2 Å². The maximum absolute atomic E-state index is 12.9. The molecule has 0 spiro atoms. The van der Waals surface area contributed by atoms with Gasteiger partial charge in [-0.3, -0.25) is 4.79 Å². The number of hydrogen-bond donors (Lipinski definition) is 1. The Kier molecular flexibility index (Phi) is 7.59. The summed E-state index contributed by atoms with van der Waals surface area (Å²) in [5, 5.41) is 3.24. The van der Waals surface area contributed by atoms with Gasteiger partial charge in [0.1, 0.15) is 5.75 Å². The minimum atomic E-state index is -4.81. The number of benzene rings is 2. The third kappa shape index (κ3) is 6.74. The highest BCUT2D eigenvalue weighted by Gasteiger charge is 2.33. The minimum Gasteiger partial charge on any atom is -0.406 e. The van der Waals surface area contributed by atoms with Crippen LogP contribution in [-0.4, -0.2) is 38.1 Å². The molecule has 2 aromatic rings. The molecule has 6 nitrogen and oxygen atoms in total.